The molecule has 1 aromatic heterocycles. The highest BCUT2D eigenvalue weighted by atomic mass is 32.2. The van der Waals surface area contributed by atoms with Crippen molar-refractivity contribution in [3.8, 4) is 11.4 Å². The number of aromatic nitrogens is 3. The summed E-state index contributed by atoms with van der Waals surface area (Å²) in [5, 5.41) is 17.5. The van der Waals surface area contributed by atoms with Crippen molar-refractivity contribution in [2.75, 3.05) is 5.75 Å². The fourth-order valence-electron chi connectivity index (χ4n) is 1.91. The lowest BCUT2D eigenvalue weighted by Crippen LogP contribution is -2.24. The van der Waals surface area contributed by atoms with Gasteiger partial charge in [-0.15, -0.1) is 10.2 Å². The number of halogens is 1. The van der Waals surface area contributed by atoms with E-state index in [1.54, 1.807) is 12.1 Å². The first-order valence-electron chi connectivity index (χ1n) is 6.35. The van der Waals surface area contributed by atoms with E-state index in [1.165, 1.54) is 12.1 Å². The summed E-state index contributed by atoms with van der Waals surface area (Å²) < 4.78 is 15.2. The summed E-state index contributed by atoms with van der Waals surface area (Å²) in [6.45, 7) is 5.89. The molecule has 0 aliphatic rings. The number of thioether (sulfide) groups is 1. The number of carboxylic acid groups (broad SMARTS) is 1. The molecular weight excluding hydrogens is 293 g/mol. The van der Waals surface area contributed by atoms with Gasteiger partial charge in [0.2, 0.25) is 0 Å². The lowest BCUT2D eigenvalue weighted by Gasteiger charge is -2.24. The van der Waals surface area contributed by atoms with Crippen LogP contribution in [-0.2, 0) is 10.3 Å². The van der Waals surface area contributed by atoms with E-state index in [4.69, 9.17) is 5.11 Å². The van der Waals surface area contributed by atoms with Crippen LogP contribution < -0.4 is 0 Å². The van der Waals surface area contributed by atoms with Crippen LogP contribution in [0.25, 0.3) is 11.4 Å². The first kappa shape index (κ1) is 15.5. The Morgan fingerprint density at radius 1 is 1.38 bits per heavy atom. The average Bonchev–Trinajstić information content (AvgIpc) is 2.80. The topological polar surface area (TPSA) is 68.0 Å². The monoisotopic (exact) mass is 309 g/mol. The SMILES string of the molecule is CC(C)(C)n1c(SCC(=O)O)nnc1-c1cccc(F)c1. The summed E-state index contributed by atoms with van der Waals surface area (Å²) in [4.78, 5) is 10.7. The van der Waals surface area contributed by atoms with Crippen molar-refractivity contribution < 1.29 is 14.3 Å². The third kappa shape index (κ3) is 3.60. The van der Waals surface area contributed by atoms with Crippen LogP contribution in [0.1, 0.15) is 20.8 Å². The molecule has 2 aromatic rings. The second-order valence-corrected chi connectivity index (χ2v) is 6.45. The zero-order valence-corrected chi connectivity index (χ0v) is 12.8. The molecule has 0 aliphatic heterocycles. The number of hydrogen-bond donors (Lipinski definition) is 1. The number of aliphatic carboxylic acids is 1. The predicted octanol–water partition coefficient (Wildman–Crippen LogP) is 3.02. The molecule has 7 heteroatoms. The van der Waals surface area contributed by atoms with Gasteiger partial charge in [0.15, 0.2) is 11.0 Å². The summed E-state index contributed by atoms with van der Waals surface area (Å²) in [5.74, 6) is -0.849. The summed E-state index contributed by atoms with van der Waals surface area (Å²) in [6, 6.07) is 6.11. The van der Waals surface area contributed by atoms with Crippen LogP contribution >= 0.6 is 11.8 Å². The molecule has 0 fully saturated rings. The zero-order chi connectivity index (χ0) is 15.6. The highest BCUT2D eigenvalue weighted by molar-refractivity contribution is 7.99. The maximum absolute atomic E-state index is 13.4. The van der Waals surface area contributed by atoms with Crippen LogP contribution in [0.5, 0.6) is 0 Å². The summed E-state index contributed by atoms with van der Waals surface area (Å²) in [7, 11) is 0. The third-order valence-electron chi connectivity index (χ3n) is 2.71. The molecule has 0 aliphatic carbocycles. The minimum Gasteiger partial charge on any atom is -0.481 e. The Bertz CT molecular complexity index is 664. The number of rotatable bonds is 4. The lowest BCUT2D eigenvalue weighted by atomic mass is 10.1. The molecule has 5 nitrogen and oxygen atoms in total. The second kappa shape index (κ2) is 5.85. The van der Waals surface area contributed by atoms with Gasteiger partial charge in [0, 0.05) is 11.1 Å². The van der Waals surface area contributed by atoms with Crippen molar-refractivity contribution in [1.29, 1.82) is 0 Å². The third-order valence-corrected chi connectivity index (χ3v) is 3.63. The Labute approximate surface area is 126 Å². The van der Waals surface area contributed by atoms with E-state index in [2.05, 4.69) is 10.2 Å². The van der Waals surface area contributed by atoms with Crippen LogP contribution in [0.4, 0.5) is 4.39 Å². The largest absolute Gasteiger partial charge is 0.481 e. The van der Waals surface area contributed by atoms with Crippen LogP contribution in [-0.4, -0.2) is 31.6 Å². The van der Waals surface area contributed by atoms with E-state index in [1.807, 2.05) is 25.3 Å². The smallest absolute Gasteiger partial charge is 0.313 e. The quantitative estimate of drug-likeness (QED) is 0.879. The van der Waals surface area contributed by atoms with Crippen LogP contribution in [0.3, 0.4) is 0 Å². The minimum absolute atomic E-state index is 0.0998. The number of carbonyl (C=O) groups is 1. The first-order chi connectivity index (χ1) is 9.79. The maximum atomic E-state index is 13.4. The summed E-state index contributed by atoms with van der Waals surface area (Å²) in [5.41, 5.74) is 0.256. The fourth-order valence-corrected chi connectivity index (χ4v) is 2.75. The normalized spacial score (nSPS) is 11.6. The van der Waals surface area contributed by atoms with Gasteiger partial charge in [0.05, 0.1) is 5.75 Å². The molecule has 21 heavy (non-hydrogen) atoms. The van der Waals surface area contributed by atoms with Crippen molar-refractivity contribution >= 4 is 17.7 Å². The van der Waals surface area contributed by atoms with Gasteiger partial charge in [0.1, 0.15) is 5.82 Å². The molecular formula is C14H16FN3O2S. The standard InChI is InChI=1S/C14H16FN3O2S/c1-14(2,3)18-12(9-5-4-6-10(15)7-9)16-17-13(18)21-8-11(19)20/h4-7H,8H2,1-3H3,(H,19,20). The van der Waals surface area contributed by atoms with Gasteiger partial charge in [-0.1, -0.05) is 23.9 Å². The van der Waals surface area contributed by atoms with Crippen LogP contribution in [0, 0.1) is 5.82 Å². The Balaban J connectivity index is 2.49. The Morgan fingerprint density at radius 3 is 2.67 bits per heavy atom. The van der Waals surface area contributed by atoms with E-state index in [9.17, 15) is 9.18 Å². The van der Waals surface area contributed by atoms with Crippen molar-refractivity contribution in [1.82, 2.24) is 14.8 Å². The van der Waals surface area contributed by atoms with E-state index < -0.39 is 5.97 Å². The first-order valence-corrected chi connectivity index (χ1v) is 7.34. The molecule has 0 atom stereocenters. The van der Waals surface area contributed by atoms with E-state index in [-0.39, 0.29) is 17.1 Å². The summed E-state index contributed by atoms with van der Waals surface area (Å²) >= 11 is 1.10. The highest BCUT2D eigenvalue weighted by Crippen LogP contribution is 2.30. The second-order valence-electron chi connectivity index (χ2n) is 5.51. The lowest BCUT2D eigenvalue weighted by molar-refractivity contribution is -0.133. The van der Waals surface area contributed by atoms with Crippen LogP contribution in [0.15, 0.2) is 29.4 Å². The van der Waals surface area contributed by atoms with Gasteiger partial charge in [-0.25, -0.2) is 4.39 Å². The molecule has 112 valence electrons. The molecule has 0 unspecified atom stereocenters. The predicted molar refractivity (Wildman–Crippen MR) is 78.8 cm³/mol. The van der Waals surface area contributed by atoms with Gasteiger partial charge >= 0.3 is 5.97 Å². The van der Waals surface area contributed by atoms with Crippen LogP contribution in [0.2, 0.25) is 0 Å². The van der Waals surface area contributed by atoms with Crippen molar-refractivity contribution in [3.63, 3.8) is 0 Å². The molecule has 1 aromatic carbocycles. The van der Waals surface area contributed by atoms with E-state index >= 15 is 0 Å². The Morgan fingerprint density at radius 2 is 2.10 bits per heavy atom. The van der Waals surface area contributed by atoms with E-state index in [0.717, 1.165) is 11.8 Å². The maximum Gasteiger partial charge on any atom is 0.313 e. The minimum atomic E-state index is -0.921. The van der Waals surface area contributed by atoms with Gasteiger partial charge in [-0.2, -0.15) is 0 Å². The van der Waals surface area contributed by atoms with Gasteiger partial charge in [-0.3, -0.25) is 9.36 Å². The molecule has 0 amide bonds. The molecule has 1 N–H and O–H groups in total. The fraction of sp³-hybridized carbons (Fsp3) is 0.357. The molecule has 0 saturated carbocycles. The zero-order valence-electron chi connectivity index (χ0n) is 12.0. The molecule has 0 bridgehead atoms. The Hall–Kier alpha value is -1.89. The number of carboxylic acids is 1. The number of hydrogen-bond acceptors (Lipinski definition) is 4. The van der Waals surface area contributed by atoms with Crippen molar-refractivity contribution in [3.05, 3.63) is 30.1 Å². The molecule has 0 spiro atoms. The highest BCUT2D eigenvalue weighted by Gasteiger charge is 2.24. The number of nitrogens with zero attached hydrogens (tertiary/aromatic N) is 3. The van der Waals surface area contributed by atoms with Gasteiger partial charge in [-0.05, 0) is 32.9 Å². The molecule has 0 radical (unpaired) electrons. The molecule has 0 saturated heterocycles. The number of benzene rings is 1. The Kier molecular flexibility index (Phi) is 4.32. The van der Waals surface area contributed by atoms with E-state index in [0.29, 0.717) is 16.5 Å². The van der Waals surface area contributed by atoms with Crippen molar-refractivity contribution in [2.45, 2.75) is 31.5 Å². The van der Waals surface area contributed by atoms with Gasteiger partial charge < -0.3 is 5.11 Å². The van der Waals surface area contributed by atoms with Crippen molar-refractivity contribution in [2.24, 2.45) is 0 Å². The molecule has 2 rings (SSSR count). The molecule has 1 heterocycles. The van der Waals surface area contributed by atoms with Gasteiger partial charge in [0.25, 0.3) is 0 Å². The summed E-state index contributed by atoms with van der Waals surface area (Å²) in [6.07, 6.45) is 0. The average molecular weight is 309 g/mol.